The molecule has 4 aromatic rings. The van der Waals surface area contributed by atoms with Gasteiger partial charge in [-0.05, 0) is 66.6 Å². The third kappa shape index (κ3) is 3.20. The summed E-state index contributed by atoms with van der Waals surface area (Å²) in [6, 6.07) is 15.6. The number of aryl methyl sites for hydroxylation is 4. The van der Waals surface area contributed by atoms with E-state index in [1.807, 2.05) is 76.2 Å². The van der Waals surface area contributed by atoms with Gasteiger partial charge in [-0.3, -0.25) is 4.79 Å². The molecule has 1 aliphatic carbocycles. The number of aromatic amines is 1. The van der Waals surface area contributed by atoms with Crippen molar-refractivity contribution in [1.29, 1.82) is 0 Å². The summed E-state index contributed by atoms with van der Waals surface area (Å²) in [6.45, 7) is 7.71. The minimum absolute atomic E-state index is 0.375. The Hall–Kier alpha value is -3.95. The Labute approximate surface area is 209 Å². The largest absolute Gasteiger partial charge is 0.398 e. The number of nitrogens with zero attached hydrogens (tertiary/aromatic N) is 1. The van der Waals surface area contributed by atoms with Crippen LogP contribution in [0.15, 0.2) is 58.4 Å². The molecule has 0 bridgehead atoms. The summed E-state index contributed by atoms with van der Waals surface area (Å²) in [5, 5.41) is 4.69. The molecule has 184 valence electrons. The Balaban J connectivity index is 2.06. The second-order valence-corrected chi connectivity index (χ2v) is 11.0. The number of rotatable bonds is 3. The summed E-state index contributed by atoms with van der Waals surface area (Å²) in [5.41, 5.74) is 19.6. The van der Waals surface area contributed by atoms with Crippen molar-refractivity contribution in [3.8, 4) is 11.3 Å². The van der Waals surface area contributed by atoms with Gasteiger partial charge in [0.1, 0.15) is 0 Å². The van der Waals surface area contributed by atoms with Gasteiger partial charge < -0.3 is 16.5 Å². The van der Waals surface area contributed by atoms with Crippen LogP contribution < -0.4 is 22.2 Å². The first-order chi connectivity index (χ1) is 16.9. The van der Waals surface area contributed by atoms with Crippen LogP contribution in [0.2, 0.25) is 0 Å². The number of nitrogens with two attached hydrogens (primary N) is 3. The monoisotopic (exact) mass is 501 g/mol. The highest BCUT2D eigenvalue weighted by Crippen LogP contribution is 2.55. The molecule has 36 heavy (non-hydrogen) atoms. The first-order valence-corrected chi connectivity index (χ1v) is 12.9. The number of hydrogen-bond acceptors (Lipinski definition) is 6. The molecule has 7 N–H and O–H groups in total. The molecule has 3 aromatic carbocycles. The number of sulfonamides is 1. The second kappa shape index (κ2) is 7.78. The average molecular weight is 502 g/mol. The standard InChI is InChI=1S/C27H27N5O3S/c1-13-9-17(10-14(2)21(13)28)27(18-11-15(3)22(29)16(4)12-18)20-8-6-5-7-19(20)23-24(27)32-26(25(33)31-23)36(30,34)35/h5-12H,28-29H2,1-4H3,(H,31,33)(H2,30,34,35). The van der Waals surface area contributed by atoms with Gasteiger partial charge in [-0.1, -0.05) is 48.5 Å². The lowest BCUT2D eigenvalue weighted by Gasteiger charge is -2.34. The Morgan fingerprint density at radius 2 is 1.31 bits per heavy atom. The molecular weight excluding hydrogens is 474 g/mol. The molecule has 0 saturated heterocycles. The summed E-state index contributed by atoms with van der Waals surface area (Å²) in [6.07, 6.45) is 0. The number of benzene rings is 3. The SMILES string of the molecule is Cc1cc(C2(c3cc(C)c(N)c(C)c3)c3ccccc3-c3[nH]c(=O)c(S(N)(=O)=O)nc32)cc(C)c1N. The fraction of sp³-hybridized carbons (Fsp3) is 0.185. The predicted molar refractivity (Wildman–Crippen MR) is 141 cm³/mol. The van der Waals surface area contributed by atoms with Crippen molar-refractivity contribution in [2.75, 3.05) is 11.5 Å². The van der Waals surface area contributed by atoms with Gasteiger partial charge in [-0.15, -0.1) is 0 Å². The Morgan fingerprint density at radius 1 is 0.833 bits per heavy atom. The quantitative estimate of drug-likeness (QED) is 0.278. The van der Waals surface area contributed by atoms with Crippen molar-refractivity contribution in [3.63, 3.8) is 0 Å². The van der Waals surface area contributed by atoms with Gasteiger partial charge in [-0.2, -0.15) is 0 Å². The summed E-state index contributed by atoms with van der Waals surface area (Å²) < 4.78 is 24.8. The first-order valence-electron chi connectivity index (χ1n) is 11.4. The number of fused-ring (bicyclic) bond motifs is 3. The fourth-order valence-electron chi connectivity index (χ4n) is 5.38. The number of hydrogen-bond donors (Lipinski definition) is 4. The lowest BCUT2D eigenvalue weighted by atomic mass is 9.68. The number of nitrogen functional groups attached to an aromatic ring is 2. The zero-order valence-corrected chi connectivity index (χ0v) is 21.2. The van der Waals surface area contributed by atoms with Crippen LogP contribution in [0.25, 0.3) is 11.3 Å². The van der Waals surface area contributed by atoms with Crippen molar-refractivity contribution in [2.45, 2.75) is 38.1 Å². The summed E-state index contributed by atoms with van der Waals surface area (Å²) in [5.74, 6) is 0. The summed E-state index contributed by atoms with van der Waals surface area (Å²) >= 11 is 0. The molecule has 0 atom stereocenters. The summed E-state index contributed by atoms with van der Waals surface area (Å²) in [4.78, 5) is 20.1. The van der Waals surface area contributed by atoms with E-state index in [0.717, 1.165) is 44.5 Å². The maximum atomic E-state index is 12.8. The van der Waals surface area contributed by atoms with Crippen molar-refractivity contribution < 1.29 is 8.42 Å². The number of nitrogens with one attached hydrogen (secondary N) is 1. The number of primary sulfonamides is 1. The van der Waals surface area contributed by atoms with Crippen LogP contribution in [0.5, 0.6) is 0 Å². The van der Waals surface area contributed by atoms with E-state index >= 15 is 0 Å². The van der Waals surface area contributed by atoms with Crippen molar-refractivity contribution in [2.24, 2.45) is 5.14 Å². The molecule has 0 aliphatic heterocycles. The van der Waals surface area contributed by atoms with Gasteiger partial charge in [0.05, 0.1) is 16.8 Å². The van der Waals surface area contributed by atoms with E-state index in [1.54, 1.807) is 0 Å². The Morgan fingerprint density at radius 3 is 1.78 bits per heavy atom. The van der Waals surface area contributed by atoms with E-state index in [1.165, 1.54) is 0 Å². The molecular formula is C27H27N5O3S. The number of aromatic nitrogens is 2. The van der Waals surface area contributed by atoms with Crippen LogP contribution >= 0.6 is 0 Å². The molecule has 0 amide bonds. The molecule has 5 rings (SSSR count). The second-order valence-electron chi connectivity index (χ2n) is 9.48. The molecule has 1 aliphatic rings. The van der Waals surface area contributed by atoms with E-state index in [0.29, 0.717) is 22.8 Å². The van der Waals surface area contributed by atoms with Crippen LogP contribution in [-0.4, -0.2) is 18.4 Å². The maximum Gasteiger partial charge on any atom is 0.287 e. The van der Waals surface area contributed by atoms with Crippen LogP contribution in [0.4, 0.5) is 11.4 Å². The molecule has 0 fully saturated rings. The van der Waals surface area contributed by atoms with E-state index in [4.69, 9.17) is 16.6 Å². The van der Waals surface area contributed by atoms with Gasteiger partial charge in [0.2, 0.25) is 5.03 Å². The van der Waals surface area contributed by atoms with Gasteiger partial charge in [0, 0.05) is 16.9 Å². The van der Waals surface area contributed by atoms with Crippen molar-refractivity contribution >= 4 is 21.4 Å². The van der Waals surface area contributed by atoms with Crippen LogP contribution in [0, 0.1) is 27.7 Å². The molecule has 1 heterocycles. The van der Waals surface area contributed by atoms with E-state index in [2.05, 4.69) is 9.97 Å². The highest BCUT2D eigenvalue weighted by atomic mass is 32.2. The van der Waals surface area contributed by atoms with Gasteiger partial charge >= 0.3 is 0 Å². The lowest BCUT2D eigenvalue weighted by molar-refractivity contribution is 0.589. The number of H-pyrrole nitrogens is 1. The van der Waals surface area contributed by atoms with Crippen molar-refractivity contribution in [1.82, 2.24) is 9.97 Å². The first kappa shape index (κ1) is 23.8. The number of anilines is 2. The van der Waals surface area contributed by atoms with E-state index in [-0.39, 0.29) is 0 Å². The van der Waals surface area contributed by atoms with Crippen LogP contribution in [-0.2, 0) is 15.4 Å². The maximum absolute atomic E-state index is 12.8. The van der Waals surface area contributed by atoms with Gasteiger partial charge in [-0.25, -0.2) is 18.5 Å². The third-order valence-corrected chi connectivity index (χ3v) is 7.98. The summed E-state index contributed by atoms with van der Waals surface area (Å²) in [7, 11) is -4.40. The topological polar surface area (TPSA) is 158 Å². The van der Waals surface area contributed by atoms with E-state index in [9.17, 15) is 13.2 Å². The molecule has 0 spiro atoms. The molecule has 0 unspecified atom stereocenters. The van der Waals surface area contributed by atoms with Crippen LogP contribution in [0.3, 0.4) is 0 Å². The zero-order chi connectivity index (χ0) is 26.2. The fourth-order valence-corrected chi connectivity index (χ4v) is 5.91. The molecule has 0 saturated carbocycles. The third-order valence-electron chi connectivity index (χ3n) is 7.16. The predicted octanol–water partition coefficient (Wildman–Crippen LogP) is 3.18. The Kier molecular flexibility index (Phi) is 5.14. The lowest BCUT2D eigenvalue weighted by Crippen LogP contribution is -2.33. The normalized spacial score (nSPS) is 13.9. The van der Waals surface area contributed by atoms with E-state index < -0.39 is 26.0 Å². The molecule has 1 aromatic heterocycles. The minimum atomic E-state index is -4.40. The highest BCUT2D eigenvalue weighted by Gasteiger charge is 2.49. The molecule has 9 heteroatoms. The minimum Gasteiger partial charge on any atom is -0.398 e. The molecule has 8 nitrogen and oxygen atoms in total. The smallest absolute Gasteiger partial charge is 0.287 e. The van der Waals surface area contributed by atoms with Gasteiger partial charge in [0.15, 0.2) is 0 Å². The highest BCUT2D eigenvalue weighted by molar-refractivity contribution is 7.89. The van der Waals surface area contributed by atoms with Crippen LogP contribution in [0.1, 0.15) is 44.6 Å². The average Bonchev–Trinajstić information content (AvgIpc) is 3.09. The Bertz CT molecular complexity index is 1650. The molecule has 0 radical (unpaired) electrons. The van der Waals surface area contributed by atoms with Gasteiger partial charge in [0.25, 0.3) is 15.6 Å². The van der Waals surface area contributed by atoms with Crippen molar-refractivity contribution in [3.05, 3.63) is 104 Å². The zero-order valence-electron chi connectivity index (χ0n) is 20.4.